The minimum Gasteiger partial charge on any atom is -0.0764 e. The molecule has 5 rings (SSSR count). The molecule has 0 heterocycles. The highest BCUT2D eigenvalue weighted by atomic mass is 14.3. The fourth-order valence-corrected chi connectivity index (χ4v) is 4.88. The molecule has 0 N–H and O–H groups in total. The van der Waals surface area contributed by atoms with Gasteiger partial charge in [-0.25, -0.2) is 0 Å². The van der Waals surface area contributed by atoms with Crippen LogP contribution in [-0.2, 0) is 0 Å². The molecule has 0 saturated carbocycles. The molecule has 128 valence electrons. The first kappa shape index (κ1) is 15.6. The molecule has 2 aromatic rings. The summed E-state index contributed by atoms with van der Waals surface area (Å²) in [6.07, 6.45) is 11.9. The molecule has 0 aromatic heterocycles. The topological polar surface area (TPSA) is 0 Å². The molecule has 0 amide bonds. The fraction of sp³-hybridized carbons (Fsp3) is 0.231. The predicted molar refractivity (Wildman–Crippen MR) is 111 cm³/mol. The van der Waals surface area contributed by atoms with E-state index in [9.17, 15) is 0 Å². The Morgan fingerprint density at radius 1 is 0.846 bits per heavy atom. The third kappa shape index (κ3) is 2.36. The van der Waals surface area contributed by atoms with Gasteiger partial charge < -0.3 is 0 Å². The zero-order valence-electron chi connectivity index (χ0n) is 15.5. The quantitative estimate of drug-likeness (QED) is 0.564. The van der Waals surface area contributed by atoms with Crippen LogP contribution in [0.1, 0.15) is 60.8 Å². The number of allylic oxidation sites excluding steroid dienone is 6. The lowest BCUT2D eigenvalue weighted by molar-refractivity contribution is 0.740. The molecule has 0 radical (unpaired) electrons. The molecule has 0 aliphatic heterocycles. The van der Waals surface area contributed by atoms with E-state index < -0.39 is 0 Å². The molecule has 3 aliphatic carbocycles. The third-order valence-electron chi connectivity index (χ3n) is 6.32. The molecule has 0 bridgehead atoms. The molecule has 3 aliphatic rings. The number of hydrogen-bond acceptors (Lipinski definition) is 0. The van der Waals surface area contributed by atoms with Crippen LogP contribution in [0.3, 0.4) is 0 Å². The van der Waals surface area contributed by atoms with Crippen molar-refractivity contribution in [2.24, 2.45) is 0 Å². The maximum Gasteiger partial charge on any atom is 0.00730 e. The third-order valence-corrected chi connectivity index (χ3v) is 6.32. The zero-order valence-corrected chi connectivity index (χ0v) is 15.5. The summed E-state index contributed by atoms with van der Waals surface area (Å²) in [5.41, 5.74) is 11.8. The number of benzene rings is 2. The molecule has 0 fully saturated rings. The van der Waals surface area contributed by atoms with Gasteiger partial charge >= 0.3 is 0 Å². The van der Waals surface area contributed by atoms with Crippen molar-refractivity contribution in [1.82, 2.24) is 0 Å². The van der Waals surface area contributed by atoms with Crippen LogP contribution in [0.4, 0.5) is 0 Å². The molecule has 2 aromatic carbocycles. The number of fused-ring (bicyclic) bond motifs is 3. The van der Waals surface area contributed by atoms with Crippen LogP contribution >= 0.6 is 0 Å². The second-order valence-corrected chi connectivity index (χ2v) is 7.80. The van der Waals surface area contributed by atoms with E-state index in [2.05, 4.69) is 86.7 Å². The van der Waals surface area contributed by atoms with Crippen molar-refractivity contribution in [3.05, 3.63) is 105 Å². The maximum absolute atomic E-state index is 2.43. The predicted octanol–water partition coefficient (Wildman–Crippen LogP) is 7.03. The highest BCUT2D eigenvalue weighted by Crippen LogP contribution is 2.47. The Bertz CT molecular complexity index is 1010. The highest BCUT2D eigenvalue weighted by molar-refractivity contribution is 5.77. The van der Waals surface area contributed by atoms with Crippen LogP contribution in [0, 0.1) is 0 Å². The van der Waals surface area contributed by atoms with E-state index >= 15 is 0 Å². The average Bonchev–Trinajstić information content (AvgIpc) is 3.21. The molecule has 0 nitrogen and oxygen atoms in total. The lowest BCUT2D eigenvalue weighted by atomic mass is 9.79. The van der Waals surface area contributed by atoms with Crippen molar-refractivity contribution in [2.45, 2.75) is 38.5 Å². The molecular weight excluding hydrogens is 312 g/mol. The summed E-state index contributed by atoms with van der Waals surface area (Å²) in [5, 5.41) is 0. The first-order valence-corrected chi connectivity index (χ1v) is 9.72. The molecule has 0 spiro atoms. The van der Waals surface area contributed by atoms with Gasteiger partial charge in [0.05, 0.1) is 0 Å². The standard InChI is InChI=1S/C26H24/c1-17-15-25-18(2)23-9-5-4-8-21(23)16-26(25)22(17)14-13-20-12-11-19-7-3-6-10-24(19)20/h3-12,15-16,18,20H,13-14H2,1-2H3. The van der Waals surface area contributed by atoms with E-state index in [1.807, 2.05) is 0 Å². The van der Waals surface area contributed by atoms with Crippen molar-refractivity contribution in [3.63, 3.8) is 0 Å². The van der Waals surface area contributed by atoms with Gasteiger partial charge in [-0.1, -0.05) is 73.7 Å². The number of rotatable bonds is 3. The first-order chi connectivity index (χ1) is 12.7. The van der Waals surface area contributed by atoms with Crippen LogP contribution in [0.2, 0.25) is 0 Å². The van der Waals surface area contributed by atoms with Crippen molar-refractivity contribution < 1.29 is 0 Å². The van der Waals surface area contributed by atoms with E-state index in [0.717, 1.165) is 6.42 Å². The van der Waals surface area contributed by atoms with Gasteiger partial charge in [-0.3, -0.25) is 0 Å². The van der Waals surface area contributed by atoms with E-state index in [1.54, 1.807) is 5.57 Å². The maximum atomic E-state index is 2.43. The Balaban J connectivity index is 1.42. The first-order valence-electron chi connectivity index (χ1n) is 9.72. The van der Waals surface area contributed by atoms with Crippen molar-refractivity contribution in [1.29, 1.82) is 0 Å². The summed E-state index contributed by atoms with van der Waals surface area (Å²) in [6.45, 7) is 4.64. The smallest absolute Gasteiger partial charge is 0.00730 e. The van der Waals surface area contributed by atoms with Gasteiger partial charge in [0.1, 0.15) is 0 Å². The van der Waals surface area contributed by atoms with E-state index in [4.69, 9.17) is 0 Å². The summed E-state index contributed by atoms with van der Waals surface area (Å²) in [4.78, 5) is 0. The second kappa shape index (κ2) is 5.99. The van der Waals surface area contributed by atoms with Gasteiger partial charge in [-0.2, -0.15) is 0 Å². The summed E-state index contributed by atoms with van der Waals surface area (Å²) in [7, 11) is 0. The van der Waals surface area contributed by atoms with E-state index in [0.29, 0.717) is 11.8 Å². The van der Waals surface area contributed by atoms with Crippen LogP contribution in [-0.4, -0.2) is 0 Å². The Morgan fingerprint density at radius 2 is 1.58 bits per heavy atom. The van der Waals surface area contributed by atoms with Gasteiger partial charge in [0, 0.05) is 11.8 Å². The molecule has 2 atom stereocenters. The van der Waals surface area contributed by atoms with Gasteiger partial charge in [0.25, 0.3) is 0 Å². The normalized spacial score (nSPS) is 22.7. The molecule has 26 heavy (non-hydrogen) atoms. The van der Waals surface area contributed by atoms with Crippen LogP contribution in [0.5, 0.6) is 0 Å². The van der Waals surface area contributed by atoms with Gasteiger partial charge in [-0.15, -0.1) is 0 Å². The van der Waals surface area contributed by atoms with Crippen LogP contribution < -0.4 is 0 Å². The van der Waals surface area contributed by atoms with Crippen LogP contribution in [0.25, 0.3) is 12.2 Å². The SMILES string of the molecule is CC1=C(CCC2C=Cc3ccccc32)C2=Cc3ccccc3C(C)C2=C1. The Kier molecular flexibility index (Phi) is 3.60. The highest BCUT2D eigenvalue weighted by Gasteiger charge is 2.29. The lowest BCUT2D eigenvalue weighted by Crippen LogP contribution is -2.07. The van der Waals surface area contributed by atoms with E-state index in [1.165, 1.54) is 45.4 Å². The van der Waals surface area contributed by atoms with Crippen molar-refractivity contribution in [2.75, 3.05) is 0 Å². The molecular formula is C26H24. The largest absolute Gasteiger partial charge is 0.0764 e. The minimum absolute atomic E-state index is 0.491. The number of hydrogen-bond donors (Lipinski definition) is 0. The van der Waals surface area contributed by atoms with Gasteiger partial charge in [0.15, 0.2) is 0 Å². The summed E-state index contributed by atoms with van der Waals surface area (Å²) in [5.74, 6) is 1.05. The monoisotopic (exact) mass is 336 g/mol. The Morgan fingerprint density at radius 3 is 2.42 bits per heavy atom. The molecule has 2 unspecified atom stereocenters. The minimum atomic E-state index is 0.491. The lowest BCUT2D eigenvalue weighted by Gasteiger charge is -2.25. The fourth-order valence-electron chi connectivity index (χ4n) is 4.88. The second-order valence-electron chi connectivity index (χ2n) is 7.80. The molecule has 0 heteroatoms. The van der Waals surface area contributed by atoms with Crippen molar-refractivity contribution in [3.8, 4) is 0 Å². The summed E-state index contributed by atoms with van der Waals surface area (Å²) in [6, 6.07) is 17.7. The van der Waals surface area contributed by atoms with Gasteiger partial charge in [-0.05, 0) is 70.4 Å². The zero-order chi connectivity index (χ0) is 17.7. The summed E-state index contributed by atoms with van der Waals surface area (Å²) < 4.78 is 0. The van der Waals surface area contributed by atoms with E-state index in [-0.39, 0.29) is 0 Å². The van der Waals surface area contributed by atoms with Crippen molar-refractivity contribution >= 4 is 12.2 Å². The average molecular weight is 336 g/mol. The van der Waals surface area contributed by atoms with Crippen LogP contribution in [0.15, 0.2) is 83.0 Å². The summed E-state index contributed by atoms with van der Waals surface area (Å²) >= 11 is 0. The molecule has 0 saturated heterocycles. The Hall–Kier alpha value is -2.60. The van der Waals surface area contributed by atoms with Gasteiger partial charge in [0.2, 0.25) is 0 Å². The Labute approximate surface area is 156 Å².